The van der Waals surface area contributed by atoms with E-state index in [4.69, 9.17) is 15.9 Å². The summed E-state index contributed by atoms with van der Waals surface area (Å²) in [6.45, 7) is -0.0400. The fourth-order valence-corrected chi connectivity index (χ4v) is 0.982. The van der Waals surface area contributed by atoms with Gasteiger partial charge in [0.05, 0.1) is 19.2 Å². The average Bonchev–Trinajstić information content (AvgIpc) is 2.38. The highest BCUT2D eigenvalue weighted by Gasteiger charge is 2.19. The molecule has 10 heteroatoms. The Morgan fingerprint density at radius 3 is 1.90 bits per heavy atom. The third kappa shape index (κ3) is 8.00. The van der Waals surface area contributed by atoms with Crippen LogP contribution in [-0.4, -0.2) is 65.7 Å². The molecule has 7 N–H and O–H groups in total. The Morgan fingerprint density at radius 1 is 1.00 bits per heavy atom. The molecule has 0 aromatic rings. The van der Waals surface area contributed by atoms with Crippen molar-refractivity contribution < 1.29 is 29.4 Å². The van der Waals surface area contributed by atoms with E-state index in [1.54, 1.807) is 0 Å². The second-order valence-electron chi connectivity index (χ2n) is 3.93. The first kappa shape index (κ1) is 17.8. The Hall–Kier alpha value is -2.20. The molecule has 0 spiro atoms. The SMILES string of the molecule is C[C@@H](O)[C@H](N)C(=O)NCC(=O)NCC(=O)NCC(=O)O. The number of aliphatic carboxylic acids is 1. The van der Waals surface area contributed by atoms with E-state index in [9.17, 15) is 19.2 Å². The van der Waals surface area contributed by atoms with E-state index in [1.807, 2.05) is 5.32 Å². The minimum Gasteiger partial charge on any atom is -0.480 e. The van der Waals surface area contributed by atoms with Crippen LogP contribution in [0.25, 0.3) is 0 Å². The number of rotatable bonds is 8. The van der Waals surface area contributed by atoms with Crippen molar-refractivity contribution in [1.29, 1.82) is 0 Å². The summed E-state index contributed by atoms with van der Waals surface area (Å²) >= 11 is 0. The van der Waals surface area contributed by atoms with Crippen LogP contribution in [0.1, 0.15) is 6.92 Å². The number of aliphatic hydroxyl groups is 1. The molecule has 0 fully saturated rings. The number of aliphatic hydroxyl groups excluding tert-OH is 1. The topological polar surface area (TPSA) is 171 Å². The summed E-state index contributed by atoms with van der Waals surface area (Å²) in [7, 11) is 0. The molecule has 3 amide bonds. The lowest BCUT2D eigenvalue weighted by molar-refractivity contribution is -0.137. The highest BCUT2D eigenvalue weighted by molar-refractivity contribution is 5.90. The normalized spacial score (nSPS) is 12.9. The van der Waals surface area contributed by atoms with Crippen molar-refractivity contribution in [3.63, 3.8) is 0 Å². The van der Waals surface area contributed by atoms with Crippen LogP contribution in [0.5, 0.6) is 0 Å². The van der Waals surface area contributed by atoms with Crippen molar-refractivity contribution in [2.45, 2.75) is 19.1 Å². The van der Waals surface area contributed by atoms with Crippen molar-refractivity contribution in [3.8, 4) is 0 Å². The minimum atomic E-state index is -1.20. The molecule has 0 radical (unpaired) electrons. The molecule has 0 aromatic carbocycles. The van der Waals surface area contributed by atoms with Crippen LogP contribution < -0.4 is 21.7 Å². The van der Waals surface area contributed by atoms with Crippen LogP contribution in [0.15, 0.2) is 0 Å². The first-order valence-electron chi connectivity index (χ1n) is 5.70. The molecule has 0 aromatic heterocycles. The van der Waals surface area contributed by atoms with Gasteiger partial charge in [-0.3, -0.25) is 19.2 Å². The number of carboxylic acid groups (broad SMARTS) is 1. The predicted octanol–water partition coefficient (Wildman–Crippen LogP) is -3.87. The van der Waals surface area contributed by atoms with Gasteiger partial charge in [0.2, 0.25) is 17.7 Å². The summed E-state index contributed by atoms with van der Waals surface area (Å²) in [5.74, 6) is -3.23. The molecule has 0 heterocycles. The van der Waals surface area contributed by atoms with Crippen LogP contribution in [0.4, 0.5) is 0 Å². The standard InChI is InChI=1S/C10H18N4O6/c1-5(15)9(11)10(20)14-3-7(17)12-2-6(16)13-4-8(18)19/h5,9,15H,2-4,11H2,1H3,(H,12,17)(H,13,16)(H,14,20)(H,18,19)/t5-,9+/m1/s1. The van der Waals surface area contributed by atoms with Gasteiger partial charge in [-0.1, -0.05) is 0 Å². The number of carbonyl (C=O) groups excluding carboxylic acids is 3. The van der Waals surface area contributed by atoms with Gasteiger partial charge < -0.3 is 31.9 Å². The number of carboxylic acids is 1. The largest absolute Gasteiger partial charge is 0.480 e. The zero-order valence-corrected chi connectivity index (χ0v) is 10.9. The predicted molar refractivity (Wildman–Crippen MR) is 66.3 cm³/mol. The molecule has 0 bridgehead atoms. The molecule has 20 heavy (non-hydrogen) atoms. The lowest BCUT2D eigenvalue weighted by atomic mass is 10.2. The quantitative estimate of drug-likeness (QED) is 0.265. The zero-order chi connectivity index (χ0) is 15.7. The molecule has 0 saturated heterocycles. The van der Waals surface area contributed by atoms with E-state index in [0.29, 0.717) is 0 Å². The van der Waals surface area contributed by atoms with Gasteiger partial charge in [-0.15, -0.1) is 0 Å². The third-order valence-electron chi connectivity index (χ3n) is 2.13. The van der Waals surface area contributed by atoms with Gasteiger partial charge in [0.1, 0.15) is 12.6 Å². The number of hydrogen-bond acceptors (Lipinski definition) is 6. The summed E-state index contributed by atoms with van der Waals surface area (Å²) in [6, 6.07) is -1.15. The van der Waals surface area contributed by atoms with Crippen molar-refractivity contribution in [2.24, 2.45) is 5.73 Å². The Labute approximate surface area is 114 Å². The number of carbonyl (C=O) groups is 4. The smallest absolute Gasteiger partial charge is 0.322 e. The van der Waals surface area contributed by atoms with Gasteiger partial charge in [0.25, 0.3) is 0 Å². The molecule has 0 rings (SSSR count). The maximum atomic E-state index is 11.3. The third-order valence-corrected chi connectivity index (χ3v) is 2.13. The number of amides is 3. The van der Waals surface area contributed by atoms with Crippen LogP contribution in [0.3, 0.4) is 0 Å². The molecule has 0 aliphatic heterocycles. The molecule has 10 nitrogen and oxygen atoms in total. The molecule has 0 aliphatic carbocycles. The highest BCUT2D eigenvalue weighted by atomic mass is 16.4. The first-order valence-corrected chi connectivity index (χ1v) is 5.70. The van der Waals surface area contributed by atoms with E-state index >= 15 is 0 Å². The summed E-state index contributed by atoms with van der Waals surface area (Å²) < 4.78 is 0. The molecule has 0 aliphatic rings. The second kappa shape index (κ2) is 8.82. The van der Waals surface area contributed by atoms with Crippen molar-refractivity contribution in [3.05, 3.63) is 0 Å². The highest BCUT2D eigenvalue weighted by Crippen LogP contribution is 1.87. The fraction of sp³-hybridized carbons (Fsp3) is 0.600. The van der Waals surface area contributed by atoms with Gasteiger partial charge in [-0.05, 0) is 6.92 Å². The van der Waals surface area contributed by atoms with E-state index in [1.165, 1.54) is 6.92 Å². The maximum Gasteiger partial charge on any atom is 0.322 e. The van der Waals surface area contributed by atoms with Crippen LogP contribution in [0.2, 0.25) is 0 Å². The summed E-state index contributed by atoms with van der Waals surface area (Å²) in [5, 5.41) is 23.7. The first-order chi connectivity index (χ1) is 9.23. The second-order valence-corrected chi connectivity index (χ2v) is 3.93. The van der Waals surface area contributed by atoms with E-state index in [-0.39, 0.29) is 0 Å². The van der Waals surface area contributed by atoms with E-state index in [2.05, 4.69) is 10.6 Å². The van der Waals surface area contributed by atoms with Gasteiger partial charge in [-0.2, -0.15) is 0 Å². The Bertz CT molecular complexity index is 384. The Morgan fingerprint density at radius 2 is 1.45 bits per heavy atom. The zero-order valence-electron chi connectivity index (χ0n) is 10.9. The van der Waals surface area contributed by atoms with Gasteiger partial charge in [0, 0.05) is 0 Å². The van der Waals surface area contributed by atoms with E-state index in [0.717, 1.165) is 0 Å². The van der Waals surface area contributed by atoms with Gasteiger partial charge in [0.15, 0.2) is 0 Å². The molecule has 0 unspecified atom stereocenters. The monoisotopic (exact) mass is 290 g/mol. The minimum absolute atomic E-state index is 0.411. The maximum absolute atomic E-state index is 11.3. The number of hydrogen-bond donors (Lipinski definition) is 6. The molecular formula is C10H18N4O6. The number of nitrogens with one attached hydrogen (secondary N) is 3. The summed E-state index contributed by atoms with van der Waals surface area (Å²) in [4.78, 5) is 43.8. The van der Waals surface area contributed by atoms with E-state index < -0.39 is 55.5 Å². The van der Waals surface area contributed by atoms with Crippen LogP contribution in [-0.2, 0) is 19.2 Å². The van der Waals surface area contributed by atoms with Gasteiger partial charge >= 0.3 is 5.97 Å². The molecular weight excluding hydrogens is 272 g/mol. The molecule has 2 atom stereocenters. The lowest BCUT2D eigenvalue weighted by Gasteiger charge is -2.14. The van der Waals surface area contributed by atoms with Crippen LogP contribution >= 0.6 is 0 Å². The van der Waals surface area contributed by atoms with Crippen LogP contribution in [0, 0.1) is 0 Å². The average molecular weight is 290 g/mol. The molecule has 0 saturated carbocycles. The lowest BCUT2D eigenvalue weighted by Crippen LogP contribution is -2.50. The summed E-state index contributed by atoms with van der Waals surface area (Å²) in [6.07, 6.45) is -1.06. The van der Waals surface area contributed by atoms with Crippen molar-refractivity contribution in [1.82, 2.24) is 16.0 Å². The number of nitrogens with two attached hydrogens (primary N) is 1. The Kier molecular flexibility index (Phi) is 7.85. The van der Waals surface area contributed by atoms with Crippen molar-refractivity contribution in [2.75, 3.05) is 19.6 Å². The Balaban J connectivity index is 3.87. The fourth-order valence-electron chi connectivity index (χ4n) is 0.982. The van der Waals surface area contributed by atoms with Gasteiger partial charge in [-0.25, -0.2) is 0 Å². The molecule has 114 valence electrons. The van der Waals surface area contributed by atoms with Crippen molar-refractivity contribution >= 4 is 23.7 Å². The summed E-state index contributed by atoms with van der Waals surface area (Å²) in [5.41, 5.74) is 5.32.